The number of rotatable bonds is 8. The Morgan fingerprint density at radius 1 is 1.44 bits per heavy atom. The predicted molar refractivity (Wildman–Crippen MR) is 72.1 cm³/mol. The summed E-state index contributed by atoms with van der Waals surface area (Å²) in [4.78, 5) is 0. The van der Waals surface area contributed by atoms with E-state index in [2.05, 4.69) is 32.2 Å². The molecule has 0 aliphatic rings. The lowest BCUT2D eigenvalue weighted by molar-refractivity contribution is 0.536. The number of hydrogen-bond acceptors (Lipinski definition) is 3. The van der Waals surface area contributed by atoms with E-state index in [1.54, 1.807) is 6.26 Å². The highest BCUT2D eigenvalue weighted by molar-refractivity contribution is 7.99. The summed E-state index contributed by atoms with van der Waals surface area (Å²) in [5, 5.41) is 4.30. The van der Waals surface area contributed by atoms with Crippen LogP contribution in [0, 0.1) is 0 Å². The molecule has 0 saturated heterocycles. The van der Waals surface area contributed by atoms with Gasteiger partial charge in [0.15, 0.2) is 0 Å². The van der Waals surface area contributed by atoms with E-state index in [0.717, 1.165) is 13.0 Å². The Morgan fingerprint density at radius 3 is 2.81 bits per heavy atom. The van der Waals surface area contributed by atoms with E-state index in [1.165, 1.54) is 17.7 Å². The molecule has 1 aromatic rings. The molecule has 3 heteroatoms. The van der Waals surface area contributed by atoms with E-state index in [9.17, 15) is 0 Å². The fraction of sp³-hybridized carbons (Fsp3) is 0.692. The van der Waals surface area contributed by atoms with Gasteiger partial charge < -0.3 is 9.73 Å². The highest BCUT2D eigenvalue weighted by atomic mass is 32.2. The minimum absolute atomic E-state index is 0.560. The quantitative estimate of drug-likeness (QED) is 0.756. The van der Waals surface area contributed by atoms with Crippen molar-refractivity contribution in [3.8, 4) is 0 Å². The molecule has 1 N–H and O–H groups in total. The molecule has 16 heavy (non-hydrogen) atoms. The van der Waals surface area contributed by atoms with Crippen molar-refractivity contribution in [3.05, 3.63) is 24.2 Å². The van der Waals surface area contributed by atoms with Gasteiger partial charge in [-0.1, -0.05) is 20.8 Å². The fourth-order valence-electron chi connectivity index (χ4n) is 1.54. The van der Waals surface area contributed by atoms with Crippen LogP contribution in [-0.4, -0.2) is 23.6 Å². The van der Waals surface area contributed by atoms with Gasteiger partial charge in [-0.2, -0.15) is 11.8 Å². The van der Waals surface area contributed by atoms with Gasteiger partial charge in [0.1, 0.15) is 0 Å². The molecule has 0 spiro atoms. The van der Waals surface area contributed by atoms with Crippen LogP contribution in [0.25, 0.3) is 0 Å². The Kier molecular flexibility index (Phi) is 6.65. The SMILES string of the molecule is CCCNC(CSC(C)C)Cc1ccoc1. The van der Waals surface area contributed by atoms with Gasteiger partial charge in [0.2, 0.25) is 0 Å². The van der Waals surface area contributed by atoms with Crippen molar-refractivity contribution in [1.82, 2.24) is 5.32 Å². The number of nitrogens with one attached hydrogen (secondary N) is 1. The molecule has 0 fully saturated rings. The highest BCUT2D eigenvalue weighted by Crippen LogP contribution is 2.14. The van der Waals surface area contributed by atoms with Crippen molar-refractivity contribution in [1.29, 1.82) is 0 Å². The van der Waals surface area contributed by atoms with E-state index in [1.807, 2.05) is 18.0 Å². The summed E-state index contributed by atoms with van der Waals surface area (Å²) in [5.41, 5.74) is 1.29. The van der Waals surface area contributed by atoms with E-state index >= 15 is 0 Å². The Labute approximate surface area is 103 Å². The Hall–Kier alpha value is -0.410. The van der Waals surface area contributed by atoms with Gasteiger partial charge in [0.25, 0.3) is 0 Å². The Bertz CT molecular complexity index is 259. The molecule has 0 saturated carbocycles. The standard InChI is InChI=1S/C13H23NOS/c1-4-6-14-13(10-16-11(2)3)8-12-5-7-15-9-12/h5,7,9,11,13-14H,4,6,8,10H2,1-3H3. The van der Waals surface area contributed by atoms with E-state index < -0.39 is 0 Å². The Balaban J connectivity index is 2.36. The summed E-state index contributed by atoms with van der Waals surface area (Å²) in [7, 11) is 0. The Morgan fingerprint density at radius 2 is 2.25 bits per heavy atom. The van der Waals surface area contributed by atoms with Gasteiger partial charge in [0, 0.05) is 11.8 Å². The molecule has 0 aliphatic heterocycles. The van der Waals surface area contributed by atoms with Gasteiger partial charge in [-0.3, -0.25) is 0 Å². The zero-order chi connectivity index (χ0) is 11.8. The van der Waals surface area contributed by atoms with Crippen molar-refractivity contribution in [2.24, 2.45) is 0 Å². The van der Waals surface area contributed by atoms with Crippen LogP contribution in [0.3, 0.4) is 0 Å². The second-order valence-electron chi connectivity index (χ2n) is 4.37. The van der Waals surface area contributed by atoms with E-state index in [4.69, 9.17) is 4.42 Å². The molecule has 1 aromatic heterocycles. The average Bonchev–Trinajstić information content (AvgIpc) is 2.74. The third-order valence-electron chi connectivity index (χ3n) is 2.38. The minimum Gasteiger partial charge on any atom is -0.472 e. The second kappa shape index (κ2) is 7.80. The van der Waals surface area contributed by atoms with Crippen molar-refractivity contribution in [2.45, 2.75) is 44.9 Å². The summed E-state index contributed by atoms with van der Waals surface area (Å²) in [6.07, 6.45) is 5.85. The van der Waals surface area contributed by atoms with E-state index in [-0.39, 0.29) is 0 Å². The van der Waals surface area contributed by atoms with Crippen LogP contribution in [0.1, 0.15) is 32.8 Å². The van der Waals surface area contributed by atoms with Crippen LogP contribution in [-0.2, 0) is 6.42 Å². The molecule has 1 atom stereocenters. The minimum atomic E-state index is 0.560. The van der Waals surface area contributed by atoms with Crippen molar-refractivity contribution in [2.75, 3.05) is 12.3 Å². The summed E-state index contributed by atoms with van der Waals surface area (Å²) >= 11 is 2.02. The number of hydrogen-bond donors (Lipinski definition) is 1. The molecular formula is C13H23NOS. The topological polar surface area (TPSA) is 25.2 Å². The van der Waals surface area contributed by atoms with E-state index in [0.29, 0.717) is 11.3 Å². The lowest BCUT2D eigenvalue weighted by atomic mass is 10.1. The molecule has 0 bridgehead atoms. The molecule has 0 radical (unpaired) electrons. The molecule has 1 heterocycles. The fourth-order valence-corrected chi connectivity index (χ4v) is 2.39. The first kappa shape index (κ1) is 13.7. The van der Waals surface area contributed by atoms with Gasteiger partial charge in [-0.05, 0) is 36.3 Å². The van der Waals surface area contributed by atoms with Gasteiger partial charge in [-0.15, -0.1) is 0 Å². The summed E-state index contributed by atoms with van der Waals surface area (Å²) in [5.74, 6) is 1.17. The third-order valence-corrected chi connectivity index (χ3v) is 3.64. The highest BCUT2D eigenvalue weighted by Gasteiger charge is 2.10. The largest absolute Gasteiger partial charge is 0.472 e. The number of furan rings is 1. The van der Waals surface area contributed by atoms with Gasteiger partial charge in [-0.25, -0.2) is 0 Å². The average molecular weight is 241 g/mol. The molecule has 2 nitrogen and oxygen atoms in total. The molecule has 1 unspecified atom stereocenters. The first-order valence-corrected chi connectivity index (χ1v) is 7.13. The maximum Gasteiger partial charge on any atom is 0.0935 e. The van der Waals surface area contributed by atoms with Crippen LogP contribution < -0.4 is 5.32 Å². The zero-order valence-corrected chi connectivity index (χ0v) is 11.3. The maximum absolute atomic E-state index is 5.11. The van der Waals surface area contributed by atoms with Gasteiger partial charge >= 0.3 is 0 Å². The maximum atomic E-state index is 5.11. The zero-order valence-electron chi connectivity index (χ0n) is 10.5. The molecular weight excluding hydrogens is 218 g/mol. The predicted octanol–water partition coefficient (Wildman–Crippen LogP) is 3.33. The second-order valence-corrected chi connectivity index (χ2v) is 5.98. The van der Waals surface area contributed by atoms with Crippen LogP contribution in [0.2, 0.25) is 0 Å². The van der Waals surface area contributed by atoms with Crippen LogP contribution in [0.5, 0.6) is 0 Å². The summed E-state index contributed by atoms with van der Waals surface area (Å²) in [6, 6.07) is 2.62. The van der Waals surface area contributed by atoms with Crippen molar-refractivity contribution >= 4 is 11.8 Å². The lowest BCUT2D eigenvalue weighted by Crippen LogP contribution is -2.34. The normalized spacial score (nSPS) is 13.2. The van der Waals surface area contributed by atoms with Crippen LogP contribution in [0.15, 0.2) is 23.0 Å². The molecule has 0 aliphatic carbocycles. The first-order valence-electron chi connectivity index (χ1n) is 6.08. The van der Waals surface area contributed by atoms with Crippen LogP contribution >= 0.6 is 11.8 Å². The smallest absolute Gasteiger partial charge is 0.0935 e. The van der Waals surface area contributed by atoms with Crippen molar-refractivity contribution in [3.63, 3.8) is 0 Å². The molecule has 92 valence electrons. The molecule has 1 rings (SSSR count). The first-order chi connectivity index (χ1) is 7.72. The summed E-state index contributed by atoms with van der Waals surface area (Å²) in [6.45, 7) is 7.80. The monoisotopic (exact) mass is 241 g/mol. The molecule has 0 amide bonds. The summed E-state index contributed by atoms with van der Waals surface area (Å²) < 4.78 is 5.11. The van der Waals surface area contributed by atoms with Crippen molar-refractivity contribution < 1.29 is 4.42 Å². The third kappa shape index (κ3) is 5.61. The van der Waals surface area contributed by atoms with Crippen LogP contribution in [0.4, 0.5) is 0 Å². The number of thioether (sulfide) groups is 1. The molecule has 0 aromatic carbocycles. The van der Waals surface area contributed by atoms with Gasteiger partial charge in [0.05, 0.1) is 12.5 Å². The lowest BCUT2D eigenvalue weighted by Gasteiger charge is -2.18.